The zero-order chi connectivity index (χ0) is 17.8. The van der Waals surface area contributed by atoms with Crippen LogP contribution in [0, 0.1) is 12.8 Å². The molecule has 1 aromatic rings. The average Bonchev–Trinajstić information content (AvgIpc) is 3.41. The minimum Gasteiger partial charge on any atom is -0.324 e. The van der Waals surface area contributed by atoms with Crippen molar-refractivity contribution in [3.05, 3.63) is 29.3 Å². The Morgan fingerprint density at radius 2 is 1.88 bits per heavy atom. The Hall–Kier alpha value is -1.35. The van der Waals surface area contributed by atoms with Gasteiger partial charge in [0.1, 0.15) is 0 Å². The van der Waals surface area contributed by atoms with Crippen LogP contribution in [0.25, 0.3) is 0 Å². The maximum atomic E-state index is 12.8. The van der Waals surface area contributed by atoms with Gasteiger partial charge in [-0.25, -0.2) is 0 Å². The SMILES string of the molecule is Cc1cccc(C(C)C)c1NC(=O)CN(CC1CC1)C1CCCCC1. The monoisotopic (exact) mass is 342 g/mol. The number of nitrogens with zero attached hydrogens (tertiary/aromatic N) is 1. The first-order valence-electron chi connectivity index (χ1n) is 10.2. The molecule has 0 bridgehead atoms. The Labute approximate surface area is 153 Å². The zero-order valence-corrected chi connectivity index (χ0v) is 16.2. The largest absolute Gasteiger partial charge is 0.324 e. The maximum absolute atomic E-state index is 12.8. The summed E-state index contributed by atoms with van der Waals surface area (Å²) in [6, 6.07) is 6.92. The first-order valence-corrected chi connectivity index (χ1v) is 10.2. The van der Waals surface area contributed by atoms with E-state index in [0.29, 0.717) is 18.5 Å². The second kappa shape index (κ2) is 8.35. The van der Waals surface area contributed by atoms with Gasteiger partial charge in [0.05, 0.1) is 6.54 Å². The third-order valence-electron chi connectivity index (χ3n) is 5.82. The zero-order valence-electron chi connectivity index (χ0n) is 16.2. The Balaban J connectivity index is 1.67. The van der Waals surface area contributed by atoms with E-state index in [1.165, 1.54) is 50.5 Å². The van der Waals surface area contributed by atoms with Crippen LogP contribution in [0.15, 0.2) is 18.2 Å². The highest BCUT2D eigenvalue weighted by Crippen LogP contribution is 2.33. The quantitative estimate of drug-likeness (QED) is 0.747. The summed E-state index contributed by atoms with van der Waals surface area (Å²) in [5.74, 6) is 1.40. The molecule has 2 aliphatic rings. The van der Waals surface area contributed by atoms with Crippen molar-refractivity contribution in [1.29, 1.82) is 0 Å². The number of amides is 1. The smallest absolute Gasteiger partial charge is 0.238 e. The van der Waals surface area contributed by atoms with E-state index in [1.54, 1.807) is 0 Å². The first-order chi connectivity index (χ1) is 12.0. The van der Waals surface area contributed by atoms with E-state index in [2.05, 4.69) is 49.2 Å². The average molecular weight is 343 g/mol. The molecule has 0 aromatic heterocycles. The highest BCUT2D eigenvalue weighted by molar-refractivity contribution is 5.94. The summed E-state index contributed by atoms with van der Waals surface area (Å²) in [5, 5.41) is 3.24. The summed E-state index contributed by atoms with van der Waals surface area (Å²) >= 11 is 0. The van der Waals surface area contributed by atoms with E-state index >= 15 is 0 Å². The molecule has 2 aliphatic carbocycles. The summed E-state index contributed by atoms with van der Waals surface area (Å²) < 4.78 is 0. The highest BCUT2D eigenvalue weighted by Gasteiger charge is 2.30. The number of hydrogen-bond acceptors (Lipinski definition) is 2. The molecule has 0 saturated heterocycles. The fraction of sp³-hybridized carbons (Fsp3) is 0.682. The molecule has 138 valence electrons. The Morgan fingerprint density at radius 1 is 1.16 bits per heavy atom. The summed E-state index contributed by atoms with van der Waals surface area (Å²) in [7, 11) is 0. The van der Waals surface area contributed by atoms with Crippen LogP contribution >= 0.6 is 0 Å². The first kappa shape index (κ1) is 18.4. The predicted molar refractivity (Wildman–Crippen MR) is 105 cm³/mol. The van der Waals surface area contributed by atoms with Gasteiger partial charge in [0.25, 0.3) is 0 Å². The fourth-order valence-corrected chi connectivity index (χ4v) is 4.13. The summed E-state index contributed by atoms with van der Waals surface area (Å²) in [5.41, 5.74) is 3.42. The van der Waals surface area contributed by atoms with Gasteiger partial charge in [0.2, 0.25) is 5.91 Å². The molecule has 1 N–H and O–H groups in total. The number of hydrogen-bond donors (Lipinski definition) is 1. The minimum absolute atomic E-state index is 0.155. The van der Waals surface area contributed by atoms with Gasteiger partial charge in [-0.1, -0.05) is 51.3 Å². The molecule has 0 atom stereocenters. The van der Waals surface area contributed by atoms with Crippen LogP contribution in [0.5, 0.6) is 0 Å². The van der Waals surface area contributed by atoms with Gasteiger partial charge in [0, 0.05) is 18.3 Å². The summed E-state index contributed by atoms with van der Waals surface area (Å²) in [4.78, 5) is 15.3. The number of rotatable bonds is 7. The summed E-state index contributed by atoms with van der Waals surface area (Å²) in [6.45, 7) is 8.12. The lowest BCUT2D eigenvalue weighted by Gasteiger charge is -2.34. The van der Waals surface area contributed by atoms with Crippen molar-refractivity contribution in [3.8, 4) is 0 Å². The van der Waals surface area contributed by atoms with Gasteiger partial charge in [-0.05, 0) is 55.6 Å². The highest BCUT2D eigenvalue weighted by atomic mass is 16.2. The van der Waals surface area contributed by atoms with Crippen molar-refractivity contribution in [2.24, 2.45) is 5.92 Å². The minimum atomic E-state index is 0.155. The molecule has 1 aromatic carbocycles. The molecule has 0 aliphatic heterocycles. The molecule has 2 saturated carbocycles. The van der Waals surface area contributed by atoms with Crippen molar-refractivity contribution < 1.29 is 4.79 Å². The standard InChI is InChI=1S/C22H34N2O/c1-16(2)20-11-7-8-17(3)22(20)23-21(25)15-24(14-18-12-13-18)19-9-5-4-6-10-19/h7-8,11,16,18-19H,4-6,9-10,12-15H2,1-3H3,(H,23,25). The second-order valence-electron chi connectivity index (χ2n) is 8.41. The Bertz CT molecular complexity index is 586. The number of para-hydroxylation sites is 1. The van der Waals surface area contributed by atoms with Gasteiger partial charge in [-0.3, -0.25) is 9.69 Å². The van der Waals surface area contributed by atoms with Crippen LogP contribution < -0.4 is 5.32 Å². The van der Waals surface area contributed by atoms with Crippen molar-refractivity contribution in [2.75, 3.05) is 18.4 Å². The molecular formula is C22H34N2O. The van der Waals surface area contributed by atoms with Crippen LogP contribution in [0.4, 0.5) is 5.69 Å². The van der Waals surface area contributed by atoms with Crippen molar-refractivity contribution in [2.45, 2.75) is 77.7 Å². The second-order valence-corrected chi connectivity index (χ2v) is 8.41. The third kappa shape index (κ3) is 5.07. The fourth-order valence-electron chi connectivity index (χ4n) is 4.13. The lowest BCUT2D eigenvalue weighted by Crippen LogP contribution is -2.43. The topological polar surface area (TPSA) is 32.3 Å². The molecule has 3 rings (SSSR count). The van der Waals surface area contributed by atoms with E-state index in [1.807, 2.05) is 0 Å². The number of nitrogens with one attached hydrogen (secondary N) is 1. The molecule has 0 spiro atoms. The van der Waals surface area contributed by atoms with Crippen molar-refractivity contribution in [3.63, 3.8) is 0 Å². The van der Waals surface area contributed by atoms with Gasteiger partial charge in [-0.2, -0.15) is 0 Å². The summed E-state index contributed by atoms with van der Waals surface area (Å²) in [6.07, 6.45) is 9.23. The molecule has 0 radical (unpaired) electrons. The molecule has 25 heavy (non-hydrogen) atoms. The molecular weight excluding hydrogens is 308 g/mol. The predicted octanol–water partition coefficient (Wildman–Crippen LogP) is 5.10. The molecule has 0 unspecified atom stereocenters. The van der Waals surface area contributed by atoms with Crippen LogP contribution in [0.1, 0.15) is 75.8 Å². The molecule has 1 amide bonds. The van der Waals surface area contributed by atoms with Crippen LogP contribution in [0.3, 0.4) is 0 Å². The maximum Gasteiger partial charge on any atom is 0.238 e. The lowest BCUT2D eigenvalue weighted by atomic mass is 9.94. The van der Waals surface area contributed by atoms with Crippen LogP contribution in [-0.4, -0.2) is 29.9 Å². The van der Waals surface area contributed by atoms with E-state index < -0.39 is 0 Å². The van der Waals surface area contributed by atoms with Gasteiger partial charge < -0.3 is 5.32 Å². The lowest BCUT2D eigenvalue weighted by molar-refractivity contribution is -0.118. The van der Waals surface area contributed by atoms with Crippen molar-refractivity contribution in [1.82, 2.24) is 4.90 Å². The van der Waals surface area contributed by atoms with Crippen LogP contribution in [-0.2, 0) is 4.79 Å². The van der Waals surface area contributed by atoms with E-state index in [4.69, 9.17) is 0 Å². The van der Waals surface area contributed by atoms with Gasteiger partial charge in [-0.15, -0.1) is 0 Å². The number of benzene rings is 1. The number of carbonyl (C=O) groups excluding carboxylic acids is 1. The van der Waals surface area contributed by atoms with E-state index in [-0.39, 0.29) is 5.91 Å². The third-order valence-corrected chi connectivity index (χ3v) is 5.82. The molecule has 2 fully saturated rings. The Kier molecular flexibility index (Phi) is 6.16. The van der Waals surface area contributed by atoms with E-state index in [9.17, 15) is 4.79 Å². The van der Waals surface area contributed by atoms with E-state index in [0.717, 1.165) is 23.7 Å². The Morgan fingerprint density at radius 3 is 2.52 bits per heavy atom. The van der Waals surface area contributed by atoms with Gasteiger partial charge >= 0.3 is 0 Å². The van der Waals surface area contributed by atoms with Crippen molar-refractivity contribution >= 4 is 11.6 Å². The number of aryl methyl sites for hydroxylation is 1. The molecule has 3 nitrogen and oxygen atoms in total. The van der Waals surface area contributed by atoms with Gasteiger partial charge in [0.15, 0.2) is 0 Å². The van der Waals surface area contributed by atoms with Crippen LogP contribution in [0.2, 0.25) is 0 Å². The number of carbonyl (C=O) groups is 1. The molecule has 3 heteroatoms. The molecule has 0 heterocycles. The normalized spacial score (nSPS) is 18.8. The number of anilines is 1.